The molecule has 1 amide bonds. The van der Waals surface area contributed by atoms with Crippen LogP contribution in [0.1, 0.15) is 42.6 Å². The van der Waals surface area contributed by atoms with Crippen LogP contribution in [-0.4, -0.2) is 54.0 Å². The monoisotopic (exact) mass is 363 g/mol. The fourth-order valence-corrected chi connectivity index (χ4v) is 3.83. The summed E-state index contributed by atoms with van der Waals surface area (Å²) in [6.45, 7) is 3.30. The van der Waals surface area contributed by atoms with Crippen LogP contribution in [-0.2, 0) is 4.74 Å². The Kier molecular flexibility index (Phi) is 6.41. The molecule has 0 radical (unpaired) electrons. The van der Waals surface area contributed by atoms with Gasteiger partial charge in [-0.1, -0.05) is 24.2 Å². The molecule has 0 aliphatic carbocycles. The third-order valence-corrected chi connectivity index (χ3v) is 5.26. The molecule has 1 aliphatic rings. The van der Waals surface area contributed by atoms with E-state index in [4.69, 9.17) is 4.74 Å². The van der Waals surface area contributed by atoms with Crippen molar-refractivity contribution in [2.75, 3.05) is 38.3 Å². The highest BCUT2D eigenvalue weighted by atomic mass is 32.1. The minimum absolute atomic E-state index is 0.104. The van der Waals surface area contributed by atoms with Crippen LogP contribution in [0.15, 0.2) is 18.3 Å². The lowest BCUT2D eigenvalue weighted by molar-refractivity contribution is 0.0942. The molecule has 2 aromatic heterocycles. The zero-order valence-corrected chi connectivity index (χ0v) is 15.4. The van der Waals surface area contributed by atoms with E-state index in [1.54, 1.807) is 13.2 Å². The zero-order chi connectivity index (χ0) is 17.5. The summed E-state index contributed by atoms with van der Waals surface area (Å²) in [6.07, 6.45) is 7.62. The Hall–Kier alpha value is -1.93. The van der Waals surface area contributed by atoms with Gasteiger partial charge in [-0.3, -0.25) is 9.36 Å². The van der Waals surface area contributed by atoms with Crippen LogP contribution in [0.3, 0.4) is 0 Å². The predicted octanol–water partition coefficient (Wildman–Crippen LogP) is 2.48. The van der Waals surface area contributed by atoms with Crippen molar-refractivity contribution in [1.82, 2.24) is 20.1 Å². The summed E-state index contributed by atoms with van der Waals surface area (Å²) >= 11 is 1.54. The van der Waals surface area contributed by atoms with E-state index in [0.717, 1.165) is 29.8 Å². The van der Waals surface area contributed by atoms with Crippen LogP contribution in [0.25, 0.3) is 5.13 Å². The highest BCUT2D eigenvalue weighted by molar-refractivity contribution is 7.17. The lowest BCUT2D eigenvalue weighted by atomic mass is 10.2. The smallest absolute Gasteiger partial charge is 0.268 e. The van der Waals surface area contributed by atoms with Gasteiger partial charge in [-0.15, -0.1) is 10.2 Å². The largest absolute Gasteiger partial charge is 0.385 e. The Morgan fingerprint density at radius 1 is 1.24 bits per heavy atom. The van der Waals surface area contributed by atoms with Crippen LogP contribution < -0.4 is 10.2 Å². The molecule has 3 heterocycles. The van der Waals surface area contributed by atoms with Crippen molar-refractivity contribution in [2.24, 2.45) is 0 Å². The number of nitrogens with zero attached hydrogens (tertiary/aromatic N) is 4. The van der Waals surface area contributed by atoms with Crippen molar-refractivity contribution >= 4 is 22.4 Å². The Balaban J connectivity index is 1.68. The number of anilines is 1. The number of aromatic nitrogens is 3. The molecule has 1 saturated heterocycles. The Morgan fingerprint density at radius 3 is 2.76 bits per heavy atom. The first kappa shape index (κ1) is 17.9. The molecular formula is C17H25N5O2S. The van der Waals surface area contributed by atoms with Gasteiger partial charge in [0.05, 0.1) is 0 Å². The predicted molar refractivity (Wildman–Crippen MR) is 98.7 cm³/mol. The molecule has 0 aromatic carbocycles. The van der Waals surface area contributed by atoms with Crippen molar-refractivity contribution < 1.29 is 9.53 Å². The number of carbonyl (C=O) groups excluding carboxylic acids is 1. The average Bonchev–Trinajstić information content (AvgIpc) is 3.22. The van der Waals surface area contributed by atoms with Gasteiger partial charge in [-0.25, -0.2) is 0 Å². The van der Waals surface area contributed by atoms with Crippen LogP contribution in [0.4, 0.5) is 5.13 Å². The minimum atomic E-state index is -0.104. The van der Waals surface area contributed by atoms with E-state index in [1.165, 1.54) is 37.0 Å². The highest BCUT2D eigenvalue weighted by Crippen LogP contribution is 2.26. The van der Waals surface area contributed by atoms with Crippen molar-refractivity contribution in [3.8, 4) is 5.13 Å². The molecule has 0 unspecified atom stereocenters. The molecule has 1 N–H and O–H groups in total. The van der Waals surface area contributed by atoms with Crippen molar-refractivity contribution in [3.05, 3.63) is 24.0 Å². The second-order valence-electron chi connectivity index (χ2n) is 6.13. The van der Waals surface area contributed by atoms with E-state index in [0.29, 0.717) is 18.8 Å². The van der Waals surface area contributed by atoms with Crippen LogP contribution in [0.2, 0.25) is 0 Å². The summed E-state index contributed by atoms with van der Waals surface area (Å²) in [4.78, 5) is 14.7. The van der Waals surface area contributed by atoms with Gasteiger partial charge in [0.15, 0.2) is 0 Å². The quantitative estimate of drug-likeness (QED) is 0.765. The van der Waals surface area contributed by atoms with Crippen LogP contribution >= 0.6 is 11.3 Å². The molecule has 7 nitrogen and oxygen atoms in total. The number of rotatable bonds is 7. The fourth-order valence-electron chi connectivity index (χ4n) is 2.94. The standard InChI is InChI=1S/C17H25N5O2S/c1-24-13-7-9-18-15(23)14-8-6-12-22(14)17-20-19-16(25-17)21-10-4-2-3-5-11-21/h6,8,12H,2-5,7,9-11,13H2,1H3,(H,18,23). The molecule has 1 fully saturated rings. The summed E-state index contributed by atoms with van der Waals surface area (Å²) in [5, 5.41) is 13.2. The molecule has 25 heavy (non-hydrogen) atoms. The molecule has 3 rings (SSSR count). The number of carbonyl (C=O) groups is 1. The van der Waals surface area contributed by atoms with E-state index in [9.17, 15) is 4.79 Å². The number of methoxy groups -OCH3 is 1. The number of hydrogen-bond donors (Lipinski definition) is 1. The van der Waals surface area contributed by atoms with Crippen molar-refractivity contribution in [2.45, 2.75) is 32.1 Å². The normalized spacial score (nSPS) is 15.2. The second kappa shape index (κ2) is 8.96. The van der Waals surface area contributed by atoms with Gasteiger partial charge in [-0.05, 0) is 31.4 Å². The maximum Gasteiger partial charge on any atom is 0.268 e. The molecule has 2 aromatic rings. The van der Waals surface area contributed by atoms with Crippen LogP contribution in [0.5, 0.6) is 0 Å². The molecule has 8 heteroatoms. The van der Waals surface area contributed by atoms with Gasteiger partial charge < -0.3 is 15.0 Å². The van der Waals surface area contributed by atoms with Gasteiger partial charge >= 0.3 is 0 Å². The number of nitrogens with one attached hydrogen (secondary N) is 1. The van der Waals surface area contributed by atoms with E-state index in [-0.39, 0.29) is 5.91 Å². The SMILES string of the molecule is COCCCNC(=O)c1cccn1-c1nnc(N2CCCCCC2)s1. The average molecular weight is 363 g/mol. The summed E-state index contributed by atoms with van der Waals surface area (Å²) < 4.78 is 6.81. The summed E-state index contributed by atoms with van der Waals surface area (Å²) in [6, 6.07) is 3.66. The summed E-state index contributed by atoms with van der Waals surface area (Å²) in [5.41, 5.74) is 0.580. The van der Waals surface area contributed by atoms with E-state index in [2.05, 4.69) is 20.4 Å². The Bertz CT molecular complexity index is 676. The molecule has 136 valence electrons. The Labute approximate surface area is 152 Å². The summed E-state index contributed by atoms with van der Waals surface area (Å²) in [7, 11) is 1.66. The van der Waals surface area contributed by atoms with Crippen LogP contribution in [0, 0.1) is 0 Å². The van der Waals surface area contributed by atoms with Crippen molar-refractivity contribution in [1.29, 1.82) is 0 Å². The van der Waals surface area contributed by atoms with Crippen molar-refractivity contribution in [3.63, 3.8) is 0 Å². The first-order valence-electron chi connectivity index (χ1n) is 8.83. The third-order valence-electron chi connectivity index (χ3n) is 4.28. The van der Waals surface area contributed by atoms with Gasteiger partial charge in [0, 0.05) is 39.5 Å². The molecule has 1 aliphatic heterocycles. The maximum absolute atomic E-state index is 12.4. The second-order valence-corrected chi connectivity index (χ2v) is 7.07. The molecule has 0 spiro atoms. The van der Waals surface area contributed by atoms with E-state index >= 15 is 0 Å². The fraction of sp³-hybridized carbons (Fsp3) is 0.588. The first-order valence-corrected chi connectivity index (χ1v) is 9.64. The van der Waals surface area contributed by atoms with Gasteiger partial charge in [0.2, 0.25) is 10.3 Å². The van der Waals surface area contributed by atoms with Gasteiger partial charge in [-0.2, -0.15) is 0 Å². The van der Waals surface area contributed by atoms with Gasteiger partial charge in [0.1, 0.15) is 5.69 Å². The maximum atomic E-state index is 12.4. The van der Waals surface area contributed by atoms with E-state index in [1.807, 2.05) is 16.8 Å². The highest BCUT2D eigenvalue weighted by Gasteiger charge is 2.18. The number of hydrogen-bond acceptors (Lipinski definition) is 6. The molecular weight excluding hydrogens is 338 g/mol. The van der Waals surface area contributed by atoms with Gasteiger partial charge in [0.25, 0.3) is 5.91 Å². The lowest BCUT2D eigenvalue weighted by Gasteiger charge is -2.17. The molecule has 0 atom stereocenters. The third kappa shape index (κ3) is 4.58. The number of amides is 1. The summed E-state index contributed by atoms with van der Waals surface area (Å²) in [5.74, 6) is -0.104. The first-order chi connectivity index (χ1) is 12.3. The molecule has 0 saturated carbocycles. The van der Waals surface area contributed by atoms with E-state index < -0.39 is 0 Å². The minimum Gasteiger partial charge on any atom is -0.385 e. The topological polar surface area (TPSA) is 72.3 Å². The lowest BCUT2D eigenvalue weighted by Crippen LogP contribution is -2.27. The zero-order valence-electron chi connectivity index (χ0n) is 14.6. The number of ether oxygens (including phenoxy) is 1. The Morgan fingerprint density at radius 2 is 2.00 bits per heavy atom. The molecule has 0 bridgehead atoms.